The zero-order valence-electron chi connectivity index (χ0n) is 12.5. The highest BCUT2D eigenvalue weighted by Crippen LogP contribution is 2.22. The van der Waals surface area contributed by atoms with Crippen LogP contribution >= 0.6 is 11.3 Å². The minimum Gasteiger partial charge on any atom is -0.454 e. The largest absolute Gasteiger partial charge is 0.454 e. The second-order valence-corrected chi connectivity index (χ2v) is 5.60. The minimum absolute atomic E-state index is 0.256. The Balaban J connectivity index is 2.07. The van der Waals surface area contributed by atoms with Crippen molar-refractivity contribution in [2.75, 3.05) is 6.61 Å². The number of nitro groups is 1. The summed E-state index contributed by atoms with van der Waals surface area (Å²) >= 11 is 1.16. The number of aromatic nitrogens is 1. The van der Waals surface area contributed by atoms with E-state index in [9.17, 15) is 19.7 Å². The summed E-state index contributed by atoms with van der Waals surface area (Å²) in [7, 11) is 0. The minimum atomic E-state index is -1.14. The molecule has 2 aromatic rings. The number of nitrogens with zero attached hydrogens (tertiary/aromatic N) is 3. The number of Topliss-reactive ketones (excluding diaryl/α,β-unsaturated/α-hetero) is 1. The Morgan fingerprint density at radius 1 is 1.46 bits per heavy atom. The summed E-state index contributed by atoms with van der Waals surface area (Å²) < 4.78 is 4.82. The fraction of sp³-hybridized carbons (Fsp3) is 0.200. The standard InChI is InChI=1S/C15H11N3O5S/c1-9-8-24-14(17-9)11(6-16)13(19)7-23-15(20)10-4-2-3-5-12(10)18(21)22/h2-5,8,11H,7H2,1H3/t11-/m0/s1. The molecule has 0 aliphatic heterocycles. The van der Waals surface area contributed by atoms with Crippen LogP contribution in [-0.2, 0) is 9.53 Å². The van der Waals surface area contributed by atoms with Crippen LogP contribution in [0, 0.1) is 28.4 Å². The quantitative estimate of drug-likeness (QED) is 0.447. The van der Waals surface area contributed by atoms with Gasteiger partial charge >= 0.3 is 5.97 Å². The molecule has 1 heterocycles. The smallest absolute Gasteiger partial charge is 0.345 e. The lowest BCUT2D eigenvalue weighted by atomic mass is 10.1. The number of carbonyl (C=O) groups is 2. The zero-order valence-corrected chi connectivity index (χ0v) is 13.3. The molecule has 8 nitrogen and oxygen atoms in total. The second kappa shape index (κ2) is 7.43. The van der Waals surface area contributed by atoms with Crippen LogP contribution in [0.5, 0.6) is 0 Å². The molecule has 0 saturated heterocycles. The molecule has 1 aromatic heterocycles. The monoisotopic (exact) mass is 345 g/mol. The van der Waals surface area contributed by atoms with E-state index in [-0.39, 0.29) is 5.56 Å². The summed E-state index contributed by atoms with van der Waals surface area (Å²) in [6, 6.07) is 7.08. The molecule has 0 aliphatic rings. The van der Waals surface area contributed by atoms with E-state index in [0.717, 1.165) is 17.4 Å². The highest BCUT2D eigenvalue weighted by Gasteiger charge is 2.26. The topological polar surface area (TPSA) is 123 Å². The molecular formula is C15H11N3O5S. The molecule has 122 valence electrons. The lowest BCUT2D eigenvalue weighted by Gasteiger charge is -2.07. The Bertz CT molecular complexity index is 840. The van der Waals surface area contributed by atoms with Gasteiger partial charge in [0, 0.05) is 17.1 Å². The van der Waals surface area contributed by atoms with Gasteiger partial charge in [-0.3, -0.25) is 14.9 Å². The van der Waals surface area contributed by atoms with Crippen molar-refractivity contribution in [1.29, 1.82) is 5.26 Å². The molecule has 9 heteroatoms. The van der Waals surface area contributed by atoms with Crippen molar-refractivity contribution < 1.29 is 19.2 Å². The van der Waals surface area contributed by atoms with E-state index in [1.165, 1.54) is 18.2 Å². The number of hydrogen-bond acceptors (Lipinski definition) is 8. The average molecular weight is 345 g/mol. The van der Waals surface area contributed by atoms with Gasteiger partial charge in [-0.15, -0.1) is 11.3 Å². The Morgan fingerprint density at radius 3 is 2.75 bits per heavy atom. The van der Waals surface area contributed by atoms with Crippen LogP contribution in [0.4, 0.5) is 5.69 Å². The van der Waals surface area contributed by atoms with Gasteiger partial charge in [0.2, 0.25) is 0 Å². The SMILES string of the molecule is Cc1csc([C@@H](C#N)C(=O)COC(=O)c2ccccc2[N+](=O)[O-])n1. The van der Waals surface area contributed by atoms with E-state index < -0.39 is 34.9 Å². The first-order valence-corrected chi connectivity index (χ1v) is 7.57. The maximum Gasteiger partial charge on any atom is 0.345 e. The van der Waals surface area contributed by atoms with Gasteiger partial charge in [-0.2, -0.15) is 5.26 Å². The summed E-state index contributed by atoms with van der Waals surface area (Å²) in [4.78, 5) is 38.3. The molecule has 1 aromatic carbocycles. The van der Waals surface area contributed by atoms with Crippen LogP contribution in [0.15, 0.2) is 29.6 Å². The molecule has 0 saturated carbocycles. The molecule has 0 bridgehead atoms. The molecule has 0 spiro atoms. The number of thiazole rings is 1. The van der Waals surface area contributed by atoms with E-state index in [1.807, 2.05) is 6.07 Å². The molecule has 0 amide bonds. The van der Waals surface area contributed by atoms with E-state index >= 15 is 0 Å². The number of benzene rings is 1. The van der Waals surface area contributed by atoms with Gasteiger partial charge in [-0.05, 0) is 13.0 Å². The first-order valence-electron chi connectivity index (χ1n) is 6.69. The first kappa shape index (κ1) is 17.2. The number of carbonyl (C=O) groups excluding carboxylic acids is 2. The van der Waals surface area contributed by atoms with Gasteiger partial charge in [-0.1, -0.05) is 12.1 Å². The Kier molecular flexibility index (Phi) is 5.34. The third-order valence-corrected chi connectivity index (χ3v) is 4.03. The molecule has 0 fully saturated rings. The third kappa shape index (κ3) is 3.80. The first-order chi connectivity index (χ1) is 11.4. The number of esters is 1. The van der Waals surface area contributed by atoms with E-state index in [4.69, 9.17) is 10.00 Å². The normalized spacial score (nSPS) is 11.3. The lowest BCUT2D eigenvalue weighted by Crippen LogP contribution is -2.20. The van der Waals surface area contributed by atoms with Crippen LogP contribution < -0.4 is 0 Å². The molecule has 0 aliphatic carbocycles. The van der Waals surface area contributed by atoms with Gasteiger partial charge < -0.3 is 4.74 Å². The van der Waals surface area contributed by atoms with Crippen molar-refractivity contribution in [3.8, 4) is 6.07 Å². The van der Waals surface area contributed by atoms with E-state index in [1.54, 1.807) is 12.3 Å². The van der Waals surface area contributed by atoms with Gasteiger partial charge in [0.1, 0.15) is 10.6 Å². The van der Waals surface area contributed by atoms with Gasteiger partial charge in [-0.25, -0.2) is 9.78 Å². The third-order valence-electron chi connectivity index (χ3n) is 3.00. The maximum absolute atomic E-state index is 12.1. The molecule has 0 radical (unpaired) electrons. The molecular weight excluding hydrogens is 334 g/mol. The van der Waals surface area contributed by atoms with Gasteiger partial charge in [0.05, 0.1) is 11.0 Å². The predicted molar refractivity (Wildman–Crippen MR) is 83.6 cm³/mol. The highest BCUT2D eigenvalue weighted by molar-refractivity contribution is 7.09. The number of nitro benzene ring substituents is 1. The summed E-state index contributed by atoms with van der Waals surface area (Å²) in [5.74, 6) is -2.77. The fourth-order valence-electron chi connectivity index (χ4n) is 1.87. The molecule has 24 heavy (non-hydrogen) atoms. The molecule has 1 atom stereocenters. The van der Waals surface area contributed by atoms with Crippen LogP contribution in [0.1, 0.15) is 27.0 Å². The summed E-state index contributed by atoms with van der Waals surface area (Å²) in [6.07, 6.45) is 0. The fourth-order valence-corrected chi connectivity index (χ4v) is 2.73. The van der Waals surface area contributed by atoms with Crippen LogP contribution in [0.25, 0.3) is 0 Å². The number of nitriles is 1. The van der Waals surface area contributed by atoms with Gasteiger partial charge in [0.25, 0.3) is 5.69 Å². The second-order valence-electron chi connectivity index (χ2n) is 4.71. The van der Waals surface area contributed by atoms with Crippen molar-refractivity contribution >= 4 is 28.8 Å². The highest BCUT2D eigenvalue weighted by atomic mass is 32.1. The van der Waals surface area contributed by atoms with Crippen LogP contribution in [0.3, 0.4) is 0 Å². The van der Waals surface area contributed by atoms with Crippen molar-refractivity contribution in [3.63, 3.8) is 0 Å². The number of hydrogen-bond donors (Lipinski definition) is 0. The average Bonchev–Trinajstić information content (AvgIpc) is 2.99. The molecule has 2 rings (SSSR count). The van der Waals surface area contributed by atoms with Crippen LogP contribution in [0.2, 0.25) is 0 Å². The number of rotatable bonds is 6. The summed E-state index contributed by atoms with van der Waals surface area (Å²) in [5.41, 5.74) is 0.0104. The van der Waals surface area contributed by atoms with Crippen LogP contribution in [-0.4, -0.2) is 28.3 Å². The number of para-hydroxylation sites is 1. The zero-order chi connectivity index (χ0) is 17.7. The van der Waals surface area contributed by atoms with Gasteiger partial charge in [0.15, 0.2) is 18.3 Å². The summed E-state index contributed by atoms with van der Waals surface area (Å²) in [6.45, 7) is 1.06. The van der Waals surface area contributed by atoms with Crippen molar-refractivity contribution in [1.82, 2.24) is 4.98 Å². The Morgan fingerprint density at radius 2 is 2.17 bits per heavy atom. The van der Waals surface area contributed by atoms with E-state index in [2.05, 4.69) is 4.98 Å². The Labute approximate surface area is 140 Å². The van der Waals surface area contributed by atoms with Crippen molar-refractivity contribution in [2.45, 2.75) is 12.8 Å². The number of ketones is 1. The maximum atomic E-state index is 12.1. The summed E-state index contributed by atoms with van der Waals surface area (Å²) in [5, 5.41) is 22.0. The molecule has 0 N–H and O–H groups in total. The number of ether oxygens (including phenoxy) is 1. The Hall–Kier alpha value is -3.12. The van der Waals surface area contributed by atoms with Crippen molar-refractivity contribution in [3.05, 3.63) is 56.0 Å². The lowest BCUT2D eigenvalue weighted by molar-refractivity contribution is -0.385. The van der Waals surface area contributed by atoms with Crippen molar-refractivity contribution in [2.24, 2.45) is 0 Å². The molecule has 0 unspecified atom stereocenters. The number of aryl methyl sites for hydroxylation is 1. The predicted octanol–water partition coefficient (Wildman–Crippen LogP) is 2.39. The van der Waals surface area contributed by atoms with E-state index in [0.29, 0.717) is 10.7 Å².